The van der Waals surface area contributed by atoms with Crippen LogP contribution in [0.5, 0.6) is 0 Å². The third kappa shape index (κ3) is 2.22. The summed E-state index contributed by atoms with van der Waals surface area (Å²) in [5.74, 6) is 1.47. The van der Waals surface area contributed by atoms with Crippen LogP contribution in [0.3, 0.4) is 0 Å². The van der Waals surface area contributed by atoms with Crippen molar-refractivity contribution in [2.75, 3.05) is 6.54 Å². The van der Waals surface area contributed by atoms with Crippen molar-refractivity contribution in [3.05, 3.63) is 0 Å². The summed E-state index contributed by atoms with van der Waals surface area (Å²) in [6, 6.07) is 0. The summed E-state index contributed by atoms with van der Waals surface area (Å²) in [6.07, 6.45) is 6.63. The molecule has 2 aliphatic rings. The van der Waals surface area contributed by atoms with Crippen molar-refractivity contribution in [3.8, 4) is 0 Å². The Morgan fingerprint density at radius 1 is 1.17 bits per heavy atom. The predicted molar refractivity (Wildman–Crippen MR) is 76.2 cm³/mol. The first-order chi connectivity index (χ1) is 8.22. The Balaban J connectivity index is 2.05. The van der Waals surface area contributed by atoms with Crippen molar-refractivity contribution in [2.24, 2.45) is 28.4 Å². The van der Waals surface area contributed by atoms with Crippen molar-refractivity contribution < 1.29 is 5.11 Å². The van der Waals surface area contributed by atoms with E-state index in [0.29, 0.717) is 17.9 Å². The molecule has 0 aromatic rings. The van der Waals surface area contributed by atoms with Crippen LogP contribution < -0.4 is 5.73 Å². The quantitative estimate of drug-likeness (QED) is 0.793. The van der Waals surface area contributed by atoms with Crippen LogP contribution in [0.25, 0.3) is 0 Å². The van der Waals surface area contributed by atoms with E-state index in [2.05, 4.69) is 27.7 Å². The van der Waals surface area contributed by atoms with Crippen LogP contribution in [-0.4, -0.2) is 17.3 Å². The van der Waals surface area contributed by atoms with Crippen LogP contribution >= 0.6 is 0 Å². The van der Waals surface area contributed by atoms with Crippen LogP contribution in [0.2, 0.25) is 0 Å². The molecule has 0 spiro atoms. The van der Waals surface area contributed by atoms with E-state index in [1.54, 1.807) is 0 Å². The SMILES string of the molecule is CC1CC(O)(C2(CN)CCC(C(C)(C)C)CC2)C1. The number of rotatable bonds is 2. The average molecular weight is 253 g/mol. The second-order valence-electron chi connectivity index (χ2n) is 8.17. The lowest BCUT2D eigenvalue weighted by molar-refractivity contribution is -0.178. The van der Waals surface area contributed by atoms with Gasteiger partial charge in [0.25, 0.3) is 0 Å². The summed E-state index contributed by atoms with van der Waals surface area (Å²) in [4.78, 5) is 0. The zero-order valence-electron chi connectivity index (χ0n) is 12.6. The molecule has 18 heavy (non-hydrogen) atoms. The second-order valence-corrected chi connectivity index (χ2v) is 8.17. The highest BCUT2D eigenvalue weighted by Crippen LogP contribution is 2.57. The molecule has 2 fully saturated rings. The lowest BCUT2D eigenvalue weighted by Crippen LogP contribution is -2.60. The number of hydrogen-bond donors (Lipinski definition) is 2. The van der Waals surface area contributed by atoms with Crippen molar-refractivity contribution in [3.63, 3.8) is 0 Å². The number of aliphatic hydroxyl groups is 1. The van der Waals surface area contributed by atoms with E-state index in [0.717, 1.165) is 31.6 Å². The second kappa shape index (κ2) is 4.49. The van der Waals surface area contributed by atoms with Gasteiger partial charge in [-0.25, -0.2) is 0 Å². The van der Waals surface area contributed by atoms with Crippen molar-refractivity contribution in [1.29, 1.82) is 0 Å². The van der Waals surface area contributed by atoms with Crippen LogP contribution in [0.15, 0.2) is 0 Å². The number of nitrogens with two attached hydrogens (primary N) is 1. The fourth-order valence-electron chi connectivity index (χ4n) is 4.42. The molecule has 2 rings (SSSR count). The average Bonchev–Trinajstić information content (AvgIpc) is 2.26. The lowest BCUT2D eigenvalue weighted by atomic mass is 9.51. The first-order valence-electron chi connectivity index (χ1n) is 7.65. The first-order valence-corrected chi connectivity index (χ1v) is 7.65. The minimum atomic E-state index is -0.454. The van der Waals surface area contributed by atoms with Crippen LogP contribution in [0, 0.1) is 22.7 Å². The van der Waals surface area contributed by atoms with E-state index in [4.69, 9.17) is 5.73 Å². The molecule has 0 aromatic heterocycles. The molecule has 0 aromatic carbocycles. The summed E-state index contributed by atoms with van der Waals surface area (Å²) < 4.78 is 0. The molecule has 2 aliphatic carbocycles. The zero-order chi connectivity index (χ0) is 13.6. The molecular formula is C16H31NO. The molecule has 2 heteroatoms. The van der Waals surface area contributed by atoms with E-state index in [1.807, 2.05) is 0 Å². The Morgan fingerprint density at radius 3 is 2.00 bits per heavy atom. The molecule has 0 aliphatic heterocycles. The van der Waals surface area contributed by atoms with Gasteiger partial charge in [0.05, 0.1) is 5.60 Å². The monoisotopic (exact) mass is 253 g/mol. The molecule has 0 amide bonds. The fourth-order valence-corrected chi connectivity index (χ4v) is 4.42. The van der Waals surface area contributed by atoms with E-state index >= 15 is 0 Å². The smallest absolute Gasteiger partial charge is 0.0720 e. The molecule has 2 saturated carbocycles. The van der Waals surface area contributed by atoms with Crippen LogP contribution in [0.1, 0.15) is 66.2 Å². The van der Waals surface area contributed by atoms with Gasteiger partial charge in [-0.2, -0.15) is 0 Å². The highest BCUT2D eigenvalue weighted by molar-refractivity contribution is 5.08. The maximum atomic E-state index is 10.9. The van der Waals surface area contributed by atoms with Crippen molar-refractivity contribution in [2.45, 2.75) is 71.8 Å². The van der Waals surface area contributed by atoms with Crippen LogP contribution in [0.4, 0.5) is 0 Å². The summed E-state index contributed by atoms with van der Waals surface area (Å²) in [6.45, 7) is 9.92. The van der Waals surface area contributed by atoms with Gasteiger partial charge in [0.2, 0.25) is 0 Å². The third-order valence-corrected chi connectivity index (χ3v) is 5.92. The van der Waals surface area contributed by atoms with Crippen LogP contribution in [-0.2, 0) is 0 Å². The van der Waals surface area contributed by atoms with Gasteiger partial charge in [-0.15, -0.1) is 0 Å². The summed E-state index contributed by atoms with van der Waals surface area (Å²) in [5, 5.41) is 10.9. The van der Waals surface area contributed by atoms with Gasteiger partial charge in [0.15, 0.2) is 0 Å². The molecule has 2 nitrogen and oxygen atoms in total. The van der Waals surface area contributed by atoms with Gasteiger partial charge in [-0.1, -0.05) is 27.7 Å². The Kier molecular flexibility index (Phi) is 3.57. The van der Waals surface area contributed by atoms with E-state index in [9.17, 15) is 5.11 Å². The third-order valence-electron chi connectivity index (χ3n) is 5.92. The first kappa shape index (κ1) is 14.3. The van der Waals surface area contributed by atoms with E-state index in [-0.39, 0.29) is 5.41 Å². The Morgan fingerprint density at radius 2 is 1.67 bits per heavy atom. The summed E-state index contributed by atoms with van der Waals surface area (Å²) in [5.41, 5.74) is 6.03. The van der Waals surface area contributed by atoms with E-state index < -0.39 is 5.60 Å². The van der Waals surface area contributed by atoms with Gasteiger partial charge < -0.3 is 10.8 Å². The molecule has 106 valence electrons. The van der Waals surface area contributed by atoms with E-state index in [1.165, 1.54) is 12.8 Å². The molecule has 3 N–H and O–H groups in total. The molecule has 0 atom stereocenters. The zero-order valence-corrected chi connectivity index (χ0v) is 12.6. The number of hydrogen-bond acceptors (Lipinski definition) is 2. The summed E-state index contributed by atoms with van der Waals surface area (Å²) >= 11 is 0. The molecule has 0 radical (unpaired) electrons. The normalized spacial score (nSPS) is 45.7. The molecular weight excluding hydrogens is 222 g/mol. The van der Waals surface area contributed by atoms with Gasteiger partial charge in [0.1, 0.15) is 0 Å². The largest absolute Gasteiger partial charge is 0.389 e. The predicted octanol–water partition coefficient (Wildman–Crippen LogP) is 3.33. The maximum absolute atomic E-state index is 10.9. The highest BCUT2D eigenvalue weighted by Gasteiger charge is 2.56. The Bertz CT molecular complexity index is 291. The molecule has 0 bridgehead atoms. The lowest BCUT2D eigenvalue weighted by Gasteiger charge is -2.58. The van der Waals surface area contributed by atoms with Gasteiger partial charge >= 0.3 is 0 Å². The van der Waals surface area contributed by atoms with Gasteiger partial charge in [-0.3, -0.25) is 0 Å². The van der Waals surface area contributed by atoms with Crippen molar-refractivity contribution in [1.82, 2.24) is 0 Å². The highest BCUT2D eigenvalue weighted by atomic mass is 16.3. The molecule has 0 saturated heterocycles. The van der Waals surface area contributed by atoms with Gasteiger partial charge in [0, 0.05) is 12.0 Å². The minimum Gasteiger partial charge on any atom is -0.389 e. The fraction of sp³-hybridized carbons (Fsp3) is 1.00. The standard InChI is InChI=1S/C16H31NO/c1-12-9-16(18,10-12)15(11-17)7-5-13(6-8-15)14(2,3)4/h12-13,18H,5-11,17H2,1-4H3. The topological polar surface area (TPSA) is 46.2 Å². The molecule has 0 unspecified atom stereocenters. The maximum Gasteiger partial charge on any atom is 0.0720 e. The van der Waals surface area contributed by atoms with Gasteiger partial charge in [-0.05, 0) is 55.8 Å². The Hall–Kier alpha value is -0.0800. The minimum absolute atomic E-state index is 0.0151. The molecule has 0 heterocycles. The van der Waals surface area contributed by atoms with Crippen molar-refractivity contribution >= 4 is 0 Å². The Labute approximate surface area is 112 Å². The summed E-state index contributed by atoms with van der Waals surface area (Å²) in [7, 11) is 0.